The molecule has 0 aliphatic rings. The SMILES string of the molecule is COc1c(Cl)ccc(P(c2ccc(F)cc2)c2ccc(F)cc2)c1-c1c(P(c2ccc(F)cc2)c2ccc(F)cc2)ccc(Cl)c1OC. The van der Waals surface area contributed by atoms with E-state index in [-0.39, 0.29) is 0 Å². The van der Waals surface area contributed by atoms with Crippen molar-refractivity contribution in [3.05, 3.63) is 155 Å². The molecule has 0 saturated heterocycles. The molecule has 0 N–H and O–H groups in total. The van der Waals surface area contributed by atoms with Gasteiger partial charge in [0.05, 0.1) is 24.3 Å². The summed E-state index contributed by atoms with van der Waals surface area (Å²) in [6, 6.07) is 31.9. The molecule has 0 aromatic heterocycles. The Morgan fingerprint density at radius 3 is 0.875 bits per heavy atom. The molecule has 0 heterocycles. The number of rotatable bonds is 9. The highest BCUT2D eigenvalue weighted by atomic mass is 35.5. The standard InChI is InChI=1S/C38H26Cl2F4O2P2/c1-45-37-31(39)19-21-33(47(27-11-3-23(41)4-12-27)28-13-5-24(42)6-14-28)35(37)36-34(22-20-32(40)38(36)46-2)48(29-15-7-25(43)8-16-29)30-17-9-26(44)10-18-30/h3-22H,1-2H3. The minimum Gasteiger partial charge on any atom is -0.495 e. The molecule has 0 saturated carbocycles. The highest BCUT2D eigenvalue weighted by Gasteiger charge is 2.32. The maximum atomic E-state index is 14.2. The zero-order chi connectivity index (χ0) is 33.9. The van der Waals surface area contributed by atoms with Crippen molar-refractivity contribution >= 4 is 70.9 Å². The van der Waals surface area contributed by atoms with Crippen molar-refractivity contribution in [2.45, 2.75) is 0 Å². The number of methoxy groups -OCH3 is 2. The zero-order valence-corrected chi connectivity index (χ0v) is 28.8. The van der Waals surface area contributed by atoms with Gasteiger partial charge in [-0.3, -0.25) is 0 Å². The zero-order valence-electron chi connectivity index (χ0n) is 25.5. The van der Waals surface area contributed by atoms with Crippen LogP contribution in [0.5, 0.6) is 11.5 Å². The third-order valence-electron chi connectivity index (χ3n) is 7.65. The van der Waals surface area contributed by atoms with Gasteiger partial charge in [-0.2, -0.15) is 0 Å². The van der Waals surface area contributed by atoms with E-state index in [4.69, 9.17) is 32.7 Å². The Bertz CT molecular complexity index is 1820. The van der Waals surface area contributed by atoms with Gasteiger partial charge in [0.2, 0.25) is 0 Å². The Balaban J connectivity index is 1.74. The second-order valence-electron chi connectivity index (χ2n) is 10.5. The Labute approximate surface area is 288 Å². The fourth-order valence-electron chi connectivity index (χ4n) is 5.56. The average molecular weight is 723 g/mol. The number of hydrogen-bond acceptors (Lipinski definition) is 2. The number of benzene rings is 6. The number of hydrogen-bond donors (Lipinski definition) is 0. The Hall–Kier alpha value is -3.92. The molecule has 0 atom stereocenters. The van der Waals surface area contributed by atoms with Crippen molar-refractivity contribution in [1.29, 1.82) is 0 Å². The molecule has 0 fully saturated rings. The molecule has 0 aliphatic heterocycles. The lowest BCUT2D eigenvalue weighted by molar-refractivity contribution is 0.411. The number of ether oxygens (including phenoxy) is 2. The molecule has 10 heteroatoms. The van der Waals surface area contributed by atoms with Crippen molar-refractivity contribution < 1.29 is 27.0 Å². The summed E-state index contributed by atoms with van der Waals surface area (Å²) in [6.45, 7) is 0. The van der Waals surface area contributed by atoms with Crippen molar-refractivity contribution in [2.75, 3.05) is 14.2 Å². The lowest BCUT2D eigenvalue weighted by Gasteiger charge is -2.29. The van der Waals surface area contributed by atoms with Gasteiger partial charge in [-0.1, -0.05) is 83.9 Å². The molecular formula is C38H26Cl2F4O2P2. The van der Waals surface area contributed by atoms with E-state index in [0.717, 1.165) is 31.8 Å². The molecule has 0 unspecified atom stereocenters. The maximum Gasteiger partial charge on any atom is 0.146 e. The first kappa shape index (κ1) is 34.0. The summed E-state index contributed by atoms with van der Waals surface area (Å²) in [5.41, 5.74) is 1.13. The lowest BCUT2D eigenvalue weighted by Crippen LogP contribution is -2.27. The summed E-state index contributed by atoms with van der Waals surface area (Å²) in [5, 5.41) is 5.25. The topological polar surface area (TPSA) is 18.5 Å². The molecule has 6 aromatic rings. The second-order valence-corrected chi connectivity index (χ2v) is 15.7. The number of halogens is 6. The smallest absolute Gasteiger partial charge is 0.146 e. The molecule has 48 heavy (non-hydrogen) atoms. The van der Waals surface area contributed by atoms with Crippen molar-refractivity contribution in [3.8, 4) is 22.6 Å². The lowest BCUT2D eigenvalue weighted by atomic mass is 10.0. The van der Waals surface area contributed by atoms with Crippen LogP contribution in [0.2, 0.25) is 10.0 Å². The summed E-state index contributed by atoms with van der Waals surface area (Å²) >= 11 is 13.7. The molecule has 0 amide bonds. The summed E-state index contributed by atoms with van der Waals surface area (Å²) in [7, 11) is 0.0361. The van der Waals surface area contributed by atoms with E-state index >= 15 is 0 Å². The van der Waals surface area contributed by atoms with Crippen molar-refractivity contribution in [1.82, 2.24) is 0 Å². The predicted molar refractivity (Wildman–Crippen MR) is 192 cm³/mol. The van der Waals surface area contributed by atoms with E-state index in [2.05, 4.69) is 0 Å². The highest BCUT2D eigenvalue weighted by molar-refractivity contribution is 7.80. The third-order valence-corrected chi connectivity index (χ3v) is 13.2. The van der Waals surface area contributed by atoms with Crippen LogP contribution in [0, 0.1) is 23.3 Å². The Kier molecular flexibility index (Phi) is 10.4. The van der Waals surface area contributed by atoms with E-state index in [9.17, 15) is 17.6 Å². The summed E-state index contributed by atoms with van der Waals surface area (Å²) in [6.07, 6.45) is 0. The maximum absolute atomic E-state index is 14.2. The molecule has 6 rings (SSSR count). The molecule has 0 bridgehead atoms. The third kappa shape index (κ3) is 6.81. The van der Waals surface area contributed by atoms with Crippen LogP contribution in [-0.4, -0.2) is 14.2 Å². The highest BCUT2D eigenvalue weighted by Crippen LogP contribution is 2.50. The second kappa shape index (κ2) is 14.7. The van der Waals surface area contributed by atoms with Gasteiger partial charge >= 0.3 is 0 Å². The normalized spacial score (nSPS) is 11.3. The first-order valence-corrected chi connectivity index (χ1v) is 18.0. The van der Waals surface area contributed by atoms with Gasteiger partial charge in [0, 0.05) is 11.1 Å². The van der Waals surface area contributed by atoms with E-state index in [1.807, 2.05) is 12.1 Å². The molecule has 6 aromatic carbocycles. The average Bonchev–Trinajstić information content (AvgIpc) is 3.09. The van der Waals surface area contributed by atoms with E-state index in [1.54, 1.807) is 60.7 Å². The van der Waals surface area contributed by atoms with Crippen LogP contribution in [0.25, 0.3) is 11.1 Å². The van der Waals surface area contributed by atoms with Crippen molar-refractivity contribution in [2.24, 2.45) is 0 Å². The van der Waals surface area contributed by atoms with Gasteiger partial charge in [0.15, 0.2) is 0 Å². The fraction of sp³-hybridized carbons (Fsp3) is 0.0526. The van der Waals surface area contributed by atoms with Gasteiger partial charge in [0.25, 0.3) is 0 Å². The van der Waals surface area contributed by atoms with E-state index < -0.39 is 39.1 Å². The molecule has 0 aliphatic carbocycles. The Morgan fingerprint density at radius 1 is 0.396 bits per heavy atom. The summed E-state index contributed by atoms with van der Waals surface area (Å²) in [4.78, 5) is 0. The predicted octanol–water partition coefficient (Wildman–Crippen LogP) is 8.75. The van der Waals surface area contributed by atoms with Gasteiger partial charge in [-0.15, -0.1) is 0 Å². The van der Waals surface area contributed by atoms with Gasteiger partial charge in [0.1, 0.15) is 34.8 Å². The van der Waals surface area contributed by atoms with E-state index in [1.165, 1.54) is 62.8 Å². The van der Waals surface area contributed by atoms with Crippen LogP contribution in [0.3, 0.4) is 0 Å². The monoisotopic (exact) mass is 722 g/mol. The Morgan fingerprint density at radius 2 is 0.646 bits per heavy atom. The minimum atomic E-state index is -1.49. The molecule has 2 nitrogen and oxygen atoms in total. The first-order chi connectivity index (χ1) is 23.2. The largest absolute Gasteiger partial charge is 0.495 e. The molecule has 242 valence electrons. The van der Waals surface area contributed by atoms with Crippen LogP contribution in [0.15, 0.2) is 121 Å². The summed E-state index contributed by atoms with van der Waals surface area (Å²) in [5.74, 6) is -0.925. The van der Waals surface area contributed by atoms with Crippen molar-refractivity contribution in [3.63, 3.8) is 0 Å². The van der Waals surface area contributed by atoms with Gasteiger partial charge < -0.3 is 9.47 Å². The molecular weight excluding hydrogens is 697 g/mol. The van der Waals surface area contributed by atoms with Gasteiger partial charge in [-0.25, -0.2) is 17.6 Å². The summed E-state index contributed by atoms with van der Waals surface area (Å²) < 4.78 is 68.9. The van der Waals surface area contributed by atoms with Crippen LogP contribution in [0.4, 0.5) is 17.6 Å². The van der Waals surface area contributed by atoms with Crippen LogP contribution < -0.4 is 41.3 Å². The molecule has 0 spiro atoms. The molecule has 0 radical (unpaired) electrons. The first-order valence-electron chi connectivity index (χ1n) is 14.6. The van der Waals surface area contributed by atoms with E-state index in [0.29, 0.717) is 32.7 Å². The quantitative estimate of drug-likeness (QED) is 0.110. The van der Waals surface area contributed by atoms with Crippen LogP contribution >= 0.6 is 39.0 Å². The van der Waals surface area contributed by atoms with Crippen LogP contribution in [0.1, 0.15) is 0 Å². The minimum absolute atomic E-state index is 0.310. The fourth-order valence-corrected chi connectivity index (χ4v) is 10.9. The van der Waals surface area contributed by atoms with Crippen LogP contribution in [-0.2, 0) is 0 Å². The van der Waals surface area contributed by atoms with Gasteiger partial charge in [-0.05, 0) is 108 Å².